The van der Waals surface area contributed by atoms with Crippen LogP contribution in [0.1, 0.15) is 26.6 Å². The predicted octanol–water partition coefficient (Wildman–Crippen LogP) is 4.62. The first kappa shape index (κ1) is 27.5. The van der Waals surface area contributed by atoms with E-state index in [-0.39, 0.29) is 5.91 Å². The van der Waals surface area contributed by atoms with Gasteiger partial charge in [-0.05, 0) is 43.2 Å². The van der Waals surface area contributed by atoms with Crippen LogP contribution >= 0.6 is 11.3 Å². The van der Waals surface area contributed by atoms with Crippen LogP contribution in [0.3, 0.4) is 0 Å². The number of halogens is 3. The van der Waals surface area contributed by atoms with Gasteiger partial charge in [-0.3, -0.25) is 9.78 Å². The van der Waals surface area contributed by atoms with Gasteiger partial charge in [0.25, 0.3) is 5.91 Å². The number of imidazole rings is 1. The number of thiazole rings is 1. The Morgan fingerprint density at radius 3 is 2.64 bits per heavy atom. The molecule has 0 radical (unpaired) electrons. The topological polar surface area (TPSA) is 114 Å². The number of carbonyl (C=O) groups excluding carboxylic acids is 1. The summed E-state index contributed by atoms with van der Waals surface area (Å²) in [6.45, 7) is 3.22. The Morgan fingerprint density at radius 2 is 1.97 bits per heavy atom. The van der Waals surface area contributed by atoms with E-state index >= 15 is 0 Å². The molecule has 5 aromatic heterocycles. The average molecular weight is 557 g/mol. The molecule has 0 aliphatic carbocycles. The zero-order valence-electron chi connectivity index (χ0n) is 20.6. The molecule has 0 bridgehead atoms. The molecule has 5 aromatic rings. The molecule has 202 valence electrons. The minimum atomic E-state index is -5.08. The van der Waals surface area contributed by atoms with Crippen LogP contribution in [0.25, 0.3) is 16.9 Å². The van der Waals surface area contributed by atoms with Gasteiger partial charge in [0.05, 0.1) is 40.3 Å². The van der Waals surface area contributed by atoms with E-state index in [1.165, 1.54) is 0 Å². The van der Waals surface area contributed by atoms with Crippen LogP contribution in [0, 0.1) is 6.92 Å². The molecule has 0 saturated heterocycles. The standard InChI is InChI=1S/C24H22N6OS.C2HF3O2/c1-17-28-19(15-32-17)13-29-14-21(27-16-29)23-11-20(22-6-2-3-10-30(22)23)24(31)26-9-7-18-5-4-8-25-12-18;3-2(4,5)1(6)7/h2-6,8,10-12,14-16H,7,9,13H2,1H3,(H,26,31);(H,6,7). The van der Waals surface area contributed by atoms with Gasteiger partial charge in [-0.1, -0.05) is 12.1 Å². The molecule has 0 fully saturated rings. The maximum atomic E-state index is 13.0. The number of aryl methyl sites for hydroxylation is 1. The number of aliphatic carboxylic acids is 1. The van der Waals surface area contributed by atoms with Crippen molar-refractivity contribution in [1.82, 2.24) is 29.2 Å². The summed E-state index contributed by atoms with van der Waals surface area (Å²) in [4.78, 5) is 35.1. The SMILES string of the molecule is Cc1nc(Cn2cnc(-c3cc(C(=O)NCCc4cccnc4)c4ccccn34)c2)cs1.O=C(O)C(F)(F)F. The molecule has 9 nitrogen and oxygen atoms in total. The Balaban J connectivity index is 0.000000448. The number of alkyl halides is 3. The summed E-state index contributed by atoms with van der Waals surface area (Å²) in [5.74, 6) is -2.85. The average Bonchev–Trinajstić information content (AvgIpc) is 3.63. The van der Waals surface area contributed by atoms with Crippen molar-refractivity contribution in [2.75, 3.05) is 6.54 Å². The molecule has 0 spiro atoms. The van der Waals surface area contributed by atoms with Crippen LogP contribution < -0.4 is 5.32 Å². The van der Waals surface area contributed by atoms with Gasteiger partial charge in [-0.2, -0.15) is 13.2 Å². The molecule has 5 heterocycles. The third-order valence-electron chi connectivity index (χ3n) is 5.49. The van der Waals surface area contributed by atoms with Crippen LogP contribution in [0.15, 0.2) is 72.9 Å². The van der Waals surface area contributed by atoms with E-state index in [1.54, 1.807) is 23.9 Å². The highest BCUT2D eigenvalue weighted by Gasteiger charge is 2.38. The molecule has 0 aliphatic heterocycles. The number of hydrogen-bond donors (Lipinski definition) is 2. The number of pyridine rings is 2. The molecule has 2 N–H and O–H groups in total. The molecule has 0 saturated carbocycles. The van der Waals surface area contributed by atoms with Crippen molar-refractivity contribution in [3.63, 3.8) is 0 Å². The first-order chi connectivity index (χ1) is 18.6. The molecule has 0 aromatic carbocycles. The van der Waals surface area contributed by atoms with Crippen molar-refractivity contribution >= 4 is 28.7 Å². The summed E-state index contributed by atoms with van der Waals surface area (Å²) in [6.07, 6.45) is 4.98. The highest BCUT2D eigenvalue weighted by molar-refractivity contribution is 7.09. The molecule has 0 unspecified atom stereocenters. The summed E-state index contributed by atoms with van der Waals surface area (Å²) in [7, 11) is 0. The Morgan fingerprint density at radius 1 is 1.18 bits per heavy atom. The lowest BCUT2D eigenvalue weighted by atomic mass is 10.2. The van der Waals surface area contributed by atoms with Crippen molar-refractivity contribution < 1.29 is 27.9 Å². The summed E-state index contributed by atoms with van der Waals surface area (Å²) in [6, 6.07) is 11.7. The van der Waals surface area contributed by atoms with E-state index in [4.69, 9.17) is 9.90 Å². The lowest BCUT2D eigenvalue weighted by Gasteiger charge is -2.04. The number of carbonyl (C=O) groups is 2. The number of fused-ring (bicyclic) bond motifs is 1. The minimum Gasteiger partial charge on any atom is -0.475 e. The van der Waals surface area contributed by atoms with E-state index in [1.807, 2.05) is 70.9 Å². The number of nitrogens with one attached hydrogen (secondary N) is 1. The number of hydrogen-bond acceptors (Lipinski definition) is 6. The van der Waals surface area contributed by atoms with Crippen molar-refractivity contribution in [3.8, 4) is 11.4 Å². The van der Waals surface area contributed by atoms with Gasteiger partial charge in [0.2, 0.25) is 0 Å². The van der Waals surface area contributed by atoms with Crippen molar-refractivity contribution in [1.29, 1.82) is 0 Å². The zero-order valence-corrected chi connectivity index (χ0v) is 21.4. The fraction of sp³-hybridized carbons (Fsp3) is 0.192. The molecule has 0 aliphatic rings. The number of carboxylic acids is 1. The van der Waals surface area contributed by atoms with Crippen molar-refractivity contribution in [2.24, 2.45) is 0 Å². The van der Waals surface area contributed by atoms with Gasteiger partial charge < -0.3 is 19.4 Å². The number of carboxylic acid groups (broad SMARTS) is 1. The first-order valence-corrected chi connectivity index (χ1v) is 12.5. The molecular formula is C26H23F3N6O3S. The fourth-order valence-corrected chi connectivity index (χ4v) is 4.34. The Labute approximate surface area is 224 Å². The summed E-state index contributed by atoms with van der Waals surface area (Å²) >= 11 is 1.64. The molecule has 39 heavy (non-hydrogen) atoms. The number of nitrogens with zero attached hydrogens (tertiary/aromatic N) is 5. The van der Waals surface area contributed by atoms with Crippen LogP contribution in [-0.4, -0.2) is 53.6 Å². The number of aromatic nitrogens is 5. The van der Waals surface area contributed by atoms with Gasteiger partial charge in [0.15, 0.2) is 0 Å². The van der Waals surface area contributed by atoms with Gasteiger partial charge in [0.1, 0.15) is 5.69 Å². The monoisotopic (exact) mass is 556 g/mol. The highest BCUT2D eigenvalue weighted by Crippen LogP contribution is 2.25. The summed E-state index contributed by atoms with van der Waals surface area (Å²) < 4.78 is 35.8. The van der Waals surface area contributed by atoms with E-state index in [2.05, 4.69) is 25.6 Å². The lowest BCUT2D eigenvalue weighted by Crippen LogP contribution is -2.25. The van der Waals surface area contributed by atoms with Gasteiger partial charge in [0, 0.05) is 36.7 Å². The summed E-state index contributed by atoms with van der Waals surface area (Å²) in [5.41, 5.74) is 5.29. The van der Waals surface area contributed by atoms with E-state index in [0.29, 0.717) is 18.7 Å². The van der Waals surface area contributed by atoms with Gasteiger partial charge in [-0.15, -0.1) is 11.3 Å². The second-order valence-electron chi connectivity index (χ2n) is 8.36. The number of amides is 1. The molecule has 1 amide bonds. The van der Waals surface area contributed by atoms with E-state index in [0.717, 1.165) is 39.6 Å². The molecule has 0 atom stereocenters. The fourth-order valence-electron chi connectivity index (χ4n) is 3.74. The molecule has 13 heteroatoms. The van der Waals surface area contributed by atoms with Crippen molar-refractivity contribution in [3.05, 3.63) is 94.7 Å². The maximum Gasteiger partial charge on any atom is 0.490 e. The largest absolute Gasteiger partial charge is 0.490 e. The van der Waals surface area contributed by atoms with Gasteiger partial charge in [-0.25, -0.2) is 14.8 Å². The van der Waals surface area contributed by atoms with Crippen LogP contribution in [0.4, 0.5) is 13.2 Å². The van der Waals surface area contributed by atoms with Crippen molar-refractivity contribution in [2.45, 2.75) is 26.1 Å². The molecule has 5 rings (SSSR count). The number of rotatable bonds is 7. The van der Waals surface area contributed by atoms with E-state index in [9.17, 15) is 18.0 Å². The van der Waals surface area contributed by atoms with E-state index < -0.39 is 12.1 Å². The Bertz CT molecular complexity index is 1580. The first-order valence-electron chi connectivity index (χ1n) is 11.6. The Hall–Kier alpha value is -4.52. The minimum absolute atomic E-state index is 0.0961. The van der Waals surface area contributed by atoms with Gasteiger partial charge >= 0.3 is 12.1 Å². The summed E-state index contributed by atoms with van der Waals surface area (Å²) in [5, 5.41) is 13.3. The highest BCUT2D eigenvalue weighted by atomic mass is 32.1. The third kappa shape index (κ3) is 7.08. The van der Waals surface area contributed by atoms with Crippen LogP contribution in [-0.2, 0) is 17.8 Å². The quantitative estimate of drug-likeness (QED) is 0.303. The van der Waals surface area contributed by atoms with Crippen LogP contribution in [0.2, 0.25) is 0 Å². The normalized spacial score (nSPS) is 11.2. The van der Waals surface area contributed by atoms with Crippen LogP contribution in [0.5, 0.6) is 0 Å². The third-order valence-corrected chi connectivity index (χ3v) is 6.31. The lowest BCUT2D eigenvalue weighted by molar-refractivity contribution is -0.192. The second kappa shape index (κ2) is 11.9. The Kier molecular flexibility index (Phi) is 8.39. The maximum absolute atomic E-state index is 13.0. The zero-order chi connectivity index (χ0) is 28.0. The molecular weight excluding hydrogens is 533 g/mol. The second-order valence-corrected chi connectivity index (χ2v) is 9.42. The smallest absolute Gasteiger partial charge is 0.475 e. The predicted molar refractivity (Wildman–Crippen MR) is 139 cm³/mol.